The number of unbranched alkanes of at least 4 members (excludes halogenated alkanes) is 5. The van der Waals surface area contributed by atoms with E-state index >= 15 is 0 Å². The lowest BCUT2D eigenvalue weighted by molar-refractivity contribution is -0.448. The van der Waals surface area contributed by atoms with Gasteiger partial charge in [0, 0.05) is 39.3 Å². The second kappa shape index (κ2) is 28.6. The molecule has 12 heteroatoms. The summed E-state index contributed by atoms with van der Waals surface area (Å²) in [5.74, 6) is -4.39. The largest absolute Gasteiger partial charge is 0.427 e. The molecule has 0 aliphatic rings. The standard InChI is InChI=1S/C34H66O12/c1-9-17-25-37-31(33(39-13-5,40-14-6)43-27-19-11-3)45-29(35)23-21-22-24-30(36)46-32(38-26-18-10-2)34(41-15-7,42-16-8)44-28-20-12-4/h31-32H,9-28H2,1-8H3. The number of rotatable bonds is 33. The van der Waals surface area contributed by atoms with Crippen molar-refractivity contribution >= 4 is 11.9 Å². The number of ether oxygens (including phenoxy) is 10. The van der Waals surface area contributed by atoms with Crippen LogP contribution in [0.25, 0.3) is 0 Å². The summed E-state index contributed by atoms with van der Waals surface area (Å²) in [6, 6.07) is 0. The highest BCUT2D eigenvalue weighted by Gasteiger charge is 2.48. The number of carbonyl (C=O) groups is 2. The van der Waals surface area contributed by atoms with Crippen molar-refractivity contribution in [2.45, 2.75) is 157 Å². The van der Waals surface area contributed by atoms with Crippen molar-refractivity contribution in [2.75, 3.05) is 52.9 Å². The molecule has 46 heavy (non-hydrogen) atoms. The molecule has 0 N–H and O–H groups in total. The molecule has 0 spiro atoms. The summed E-state index contributed by atoms with van der Waals surface area (Å²) < 4.78 is 59.0. The highest BCUT2D eigenvalue weighted by Crippen LogP contribution is 2.28. The van der Waals surface area contributed by atoms with Gasteiger partial charge in [0.2, 0.25) is 0 Å². The van der Waals surface area contributed by atoms with Crippen molar-refractivity contribution in [3.05, 3.63) is 0 Å². The maximum Gasteiger partial charge on any atom is 0.349 e. The Bertz CT molecular complexity index is 663. The fourth-order valence-corrected chi connectivity index (χ4v) is 4.16. The van der Waals surface area contributed by atoms with Crippen LogP contribution in [0.4, 0.5) is 0 Å². The molecule has 0 saturated carbocycles. The second-order valence-electron chi connectivity index (χ2n) is 10.6. The molecule has 0 aromatic heterocycles. The van der Waals surface area contributed by atoms with E-state index in [1.165, 1.54) is 0 Å². The van der Waals surface area contributed by atoms with Gasteiger partial charge in [-0.15, -0.1) is 0 Å². The molecule has 0 amide bonds. The highest BCUT2D eigenvalue weighted by molar-refractivity contribution is 5.70. The molecule has 0 aromatic carbocycles. The average molecular weight is 667 g/mol. The van der Waals surface area contributed by atoms with Crippen LogP contribution in [0, 0.1) is 0 Å². The number of esters is 2. The van der Waals surface area contributed by atoms with Gasteiger partial charge in [-0.25, -0.2) is 0 Å². The zero-order chi connectivity index (χ0) is 34.5. The summed E-state index contributed by atoms with van der Waals surface area (Å²) in [5.41, 5.74) is 0. The summed E-state index contributed by atoms with van der Waals surface area (Å²) in [5, 5.41) is 0. The molecule has 12 nitrogen and oxygen atoms in total. The van der Waals surface area contributed by atoms with E-state index in [-0.39, 0.29) is 39.3 Å². The van der Waals surface area contributed by atoms with Crippen LogP contribution >= 0.6 is 0 Å². The van der Waals surface area contributed by atoms with E-state index in [0.717, 1.165) is 51.4 Å². The van der Waals surface area contributed by atoms with Gasteiger partial charge in [0.15, 0.2) is 0 Å². The predicted octanol–water partition coefficient (Wildman–Crippen LogP) is 7.01. The molecular weight excluding hydrogens is 600 g/mol. The van der Waals surface area contributed by atoms with Gasteiger partial charge in [-0.1, -0.05) is 53.4 Å². The van der Waals surface area contributed by atoms with Gasteiger partial charge in [0.25, 0.3) is 12.6 Å². The zero-order valence-corrected chi connectivity index (χ0v) is 30.2. The first-order valence-electron chi connectivity index (χ1n) is 17.7. The molecule has 2 atom stereocenters. The van der Waals surface area contributed by atoms with Crippen LogP contribution < -0.4 is 0 Å². The van der Waals surface area contributed by atoms with Crippen LogP contribution in [0.1, 0.15) is 132 Å². The van der Waals surface area contributed by atoms with Crippen LogP contribution in [0.5, 0.6) is 0 Å². The van der Waals surface area contributed by atoms with Crippen LogP contribution in [-0.4, -0.2) is 89.3 Å². The van der Waals surface area contributed by atoms with E-state index in [1.54, 1.807) is 0 Å². The third kappa shape index (κ3) is 18.2. The minimum absolute atomic E-state index is 0.0442. The number of hydrogen-bond donors (Lipinski definition) is 0. The minimum atomic E-state index is -1.68. The molecule has 2 unspecified atom stereocenters. The first-order chi connectivity index (χ1) is 22.3. The summed E-state index contributed by atoms with van der Waals surface area (Å²) in [7, 11) is 0. The van der Waals surface area contributed by atoms with Gasteiger partial charge in [0.05, 0.1) is 26.4 Å². The molecule has 274 valence electrons. The van der Waals surface area contributed by atoms with Crippen LogP contribution in [0.3, 0.4) is 0 Å². The van der Waals surface area contributed by atoms with Gasteiger partial charge in [-0.05, 0) is 66.2 Å². The van der Waals surface area contributed by atoms with Crippen LogP contribution in [0.2, 0.25) is 0 Å². The first kappa shape index (κ1) is 44.6. The topological polar surface area (TPSA) is 126 Å². The quantitative estimate of drug-likeness (QED) is 0.0406. The lowest BCUT2D eigenvalue weighted by atomic mass is 10.2. The summed E-state index contributed by atoms with van der Waals surface area (Å²) in [6.45, 7) is 17.9. The molecular formula is C34H66O12. The van der Waals surface area contributed by atoms with Crippen molar-refractivity contribution in [3.63, 3.8) is 0 Å². The normalized spacial score (nSPS) is 13.5. The Hall–Kier alpha value is -1.38. The average Bonchev–Trinajstić information content (AvgIpc) is 3.03. The third-order valence-corrected chi connectivity index (χ3v) is 6.58. The van der Waals surface area contributed by atoms with Crippen LogP contribution in [0.15, 0.2) is 0 Å². The van der Waals surface area contributed by atoms with Gasteiger partial charge in [-0.2, -0.15) is 0 Å². The van der Waals surface area contributed by atoms with Crippen molar-refractivity contribution < 1.29 is 57.0 Å². The highest BCUT2D eigenvalue weighted by atomic mass is 16.9. The Morgan fingerprint density at radius 2 is 0.739 bits per heavy atom. The maximum atomic E-state index is 13.0. The SMILES string of the molecule is CCCCOC(OC(=O)CCCCC(=O)OC(OCCCC)C(OCC)(OCC)OCCCC)C(OCC)(OCC)OCCCC. The van der Waals surface area contributed by atoms with E-state index < -0.39 is 36.5 Å². The molecule has 0 aromatic rings. The second-order valence-corrected chi connectivity index (χ2v) is 10.6. The smallest absolute Gasteiger partial charge is 0.349 e. The van der Waals surface area contributed by atoms with E-state index in [9.17, 15) is 9.59 Å². The number of carbonyl (C=O) groups excluding carboxylic acids is 2. The van der Waals surface area contributed by atoms with Gasteiger partial charge >= 0.3 is 23.9 Å². The van der Waals surface area contributed by atoms with Crippen molar-refractivity contribution in [3.8, 4) is 0 Å². The predicted molar refractivity (Wildman–Crippen MR) is 174 cm³/mol. The molecule has 0 saturated heterocycles. The van der Waals surface area contributed by atoms with Gasteiger partial charge in [-0.3, -0.25) is 9.59 Å². The summed E-state index contributed by atoms with van der Waals surface area (Å²) in [6.07, 6.45) is 5.10. The fourth-order valence-electron chi connectivity index (χ4n) is 4.16. The molecule has 0 heterocycles. The molecule has 0 radical (unpaired) electrons. The molecule has 0 rings (SSSR count). The lowest BCUT2D eigenvalue weighted by Crippen LogP contribution is -2.53. The zero-order valence-electron chi connectivity index (χ0n) is 30.2. The van der Waals surface area contributed by atoms with E-state index in [2.05, 4.69) is 0 Å². The summed E-state index contributed by atoms with van der Waals surface area (Å²) >= 11 is 0. The monoisotopic (exact) mass is 666 g/mol. The van der Waals surface area contributed by atoms with Crippen molar-refractivity contribution in [2.24, 2.45) is 0 Å². The minimum Gasteiger partial charge on any atom is -0.427 e. The maximum absolute atomic E-state index is 13.0. The van der Waals surface area contributed by atoms with Crippen molar-refractivity contribution in [1.82, 2.24) is 0 Å². The Labute approximate surface area is 278 Å². The van der Waals surface area contributed by atoms with Crippen LogP contribution in [-0.2, 0) is 57.0 Å². The van der Waals surface area contributed by atoms with E-state index in [0.29, 0.717) is 39.3 Å². The summed E-state index contributed by atoms with van der Waals surface area (Å²) in [4.78, 5) is 26.0. The Kier molecular flexibility index (Phi) is 27.8. The Morgan fingerprint density at radius 1 is 0.435 bits per heavy atom. The molecule has 0 bridgehead atoms. The van der Waals surface area contributed by atoms with E-state index in [1.807, 2.05) is 55.4 Å². The van der Waals surface area contributed by atoms with Gasteiger partial charge in [0.1, 0.15) is 0 Å². The lowest BCUT2D eigenvalue weighted by Gasteiger charge is -2.37. The fraction of sp³-hybridized carbons (Fsp3) is 0.941. The Balaban J connectivity index is 5.45. The molecule has 0 fully saturated rings. The van der Waals surface area contributed by atoms with Gasteiger partial charge < -0.3 is 47.4 Å². The van der Waals surface area contributed by atoms with Crippen molar-refractivity contribution in [1.29, 1.82) is 0 Å². The van der Waals surface area contributed by atoms with E-state index in [4.69, 9.17) is 47.4 Å². The molecule has 0 aliphatic carbocycles. The third-order valence-electron chi connectivity index (χ3n) is 6.58. The first-order valence-corrected chi connectivity index (χ1v) is 17.7. The number of hydrogen-bond acceptors (Lipinski definition) is 12. The molecule has 0 aliphatic heterocycles. The Morgan fingerprint density at radius 3 is 1.02 bits per heavy atom.